The Morgan fingerprint density at radius 1 is 1.40 bits per heavy atom. The third kappa shape index (κ3) is 6.70. The molecule has 1 heterocycles. The van der Waals surface area contributed by atoms with E-state index in [1.807, 2.05) is 30.4 Å². The average molecular weight is 426 g/mol. The topological polar surface area (TPSA) is 76.2 Å². The van der Waals surface area contributed by atoms with Gasteiger partial charge in [0.25, 0.3) is 0 Å². The lowest BCUT2D eigenvalue weighted by atomic mass is 9.95. The summed E-state index contributed by atoms with van der Waals surface area (Å²) in [7, 11) is 1.79. The van der Waals surface area contributed by atoms with Gasteiger partial charge in [-0.2, -0.15) is 5.10 Å². The second-order valence-electron chi connectivity index (χ2n) is 7.35. The van der Waals surface area contributed by atoms with E-state index < -0.39 is 0 Å². The number of nitrogens with zero attached hydrogens (tertiary/aromatic N) is 3. The summed E-state index contributed by atoms with van der Waals surface area (Å²) in [4.78, 5) is 4.30. The fourth-order valence-electron chi connectivity index (χ4n) is 3.35. The lowest BCUT2D eigenvalue weighted by Crippen LogP contribution is -2.08. The Bertz CT molecular complexity index is 904. The van der Waals surface area contributed by atoms with Gasteiger partial charge in [-0.25, -0.2) is 0 Å². The van der Waals surface area contributed by atoms with Crippen LogP contribution in [0.25, 0.3) is 0 Å². The third-order valence-corrected chi connectivity index (χ3v) is 5.43. The number of benzene rings is 1. The summed E-state index contributed by atoms with van der Waals surface area (Å²) in [6.07, 6.45) is 12.2. The van der Waals surface area contributed by atoms with E-state index in [4.69, 9.17) is 17.3 Å². The highest BCUT2D eigenvalue weighted by atomic mass is 35.5. The first-order valence-electron chi connectivity index (χ1n) is 10.4. The molecule has 0 radical (unpaired) electrons. The number of nitrogen functional groups attached to an aromatic ring is 1. The highest BCUT2D eigenvalue weighted by Gasteiger charge is 2.16. The zero-order valence-corrected chi connectivity index (χ0v) is 18.9. The van der Waals surface area contributed by atoms with Crippen molar-refractivity contribution >= 4 is 34.5 Å². The van der Waals surface area contributed by atoms with Crippen molar-refractivity contribution in [1.82, 2.24) is 10.2 Å². The molecule has 2 aromatic rings. The van der Waals surface area contributed by atoms with Crippen molar-refractivity contribution < 1.29 is 0 Å². The molecule has 1 aromatic heterocycles. The molecule has 2 rings (SSSR count). The molecular weight excluding hydrogens is 394 g/mol. The van der Waals surface area contributed by atoms with Crippen LogP contribution in [0.5, 0.6) is 0 Å². The van der Waals surface area contributed by atoms with Crippen LogP contribution >= 0.6 is 11.6 Å². The first kappa shape index (κ1) is 23.6. The molecule has 0 saturated heterocycles. The summed E-state index contributed by atoms with van der Waals surface area (Å²) < 4.78 is 0. The van der Waals surface area contributed by atoms with Gasteiger partial charge in [0, 0.05) is 29.0 Å². The second kappa shape index (κ2) is 12.1. The summed E-state index contributed by atoms with van der Waals surface area (Å²) in [6, 6.07) is 5.97. The fourth-order valence-corrected chi connectivity index (χ4v) is 3.62. The number of anilines is 3. The Kier molecular flexibility index (Phi) is 9.55. The number of hydrogen-bond donors (Lipinski definition) is 2. The van der Waals surface area contributed by atoms with E-state index in [2.05, 4.69) is 40.9 Å². The van der Waals surface area contributed by atoms with Gasteiger partial charge in [0.15, 0.2) is 5.82 Å². The zero-order valence-electron chi connectivity index (χ0n) is 18.2. The van der Waals surface area contributed by atoms with Gasteiger partial charge >= 0.3 is 0 Å². The summed E-state index contributed by atoms with van der Waals surface area (Å²) >= 11 is 6.55. The molecule has 0 aliphatic carbocycles. The molecule has 0 spiro atoms. The molecule has 160 valence electrons. The largest absolute Gasteiger partial charge is 0.397 e. The minimum absolute atomic E-state index is 0.299. The molecule has 0 saturated carbocycles. The Labute approximate surface area is 185 Å². The lowest BCUT2D eigenvalue weighted by Gasteiger charge is -2.18. The summed E-state index contributed by atoms with van der Waals surface area (Å²) in [6.45, 7) is 8.06. The van der Waals surface area contributed by atoms with Gasteiger partial charge < -0.3 is 11.1 Å². The first-order valence-corrected chi connectivity index (χ1v) is 10.8. The Hall–Kier alpha value is -2.66. The van der Waals surface area contributed by atoms with Crippen molar-refractivity contribution in [2.24, 2.45) is 4.99 Å². The molecule has 0 bridgehead atoms. The van der Waals surface area contributed by atoms with E-state index in [0.717, 1.165) is 54.6 Å². The van der Waals surface area contributed by atoms with Crippen molar-refractivity contribution in [2.45, 2.75) is 51.9 Å². The van der Waals surface area contributed by atoms with Crippen LogP contribution in [0.3, 0.4) is 0 Å². The van der Waals surface area contributed by atoms with Gasteiger partial charge in [0.1, 0.15) is 0 Å². The molecule has 3 N–H and O–H groups in total. The summed E-state index contributed by atoms with van der Waals surface area (Å²) in [5, 5.41) is 12.4. The van der Waals surface area contributed by atoms with Crippen LogP contribution in [-0.2, 0) is 6.42 Å². The summed E-state index contributed by atoms with van der Waals surface area (Å²) in [5.41, 5.74) is 10.8. The van der Waals surface area contributed by atoms with Crippen LogP contribution in [0.4, 0.5) is 17.2 Å². The van der Waals surface area contributed by atoms with Crippen molar-refractivity contribution in [2.75, 3.05) is 18.1 Å². The SMILES string of the molecule is C=C/C=C\C(CCc1ccc(Nc2nncc(N)c2C(C)CCCC)cc1Cl)=NC. The number of halogens is 1. The number of hydrogen-bond acceptors (Lipinski definition) is 5. The maximum atomic E-state index is 6.55. The van der Waals surface area contributed by atoms with E-state index in [9.17, 15) is 0 Å². The van der Waals surface area contributed by atoms with Crippen molar-refractivity contribution in [1.29, 1.82) is 0 Å². The molecule has 1 unspecified atom stereocenters. The van der Waals surface area contributed by atoms with Gasteiger partial charge in [-0.3, -0.25) is 4.99 Å². The van der Waals surface area contributed by atoms with E-state index in [0.29, 0.717) is 22.4 Å². The molecule has 0 amide bonds. The van der Waals surface area contributed by atoms with E-state index in [1.165, 1.54) is 0 Å². The van der Waals surface area contributed by atoms with E-state index in [1.54, 1.807) is 19.3 Å². The number of rotatable bonds is 11. The monoisotopic (exact) mass is 425 g/mol. The third-order valence-electron chi connectivity index (χ3n) is 5.08. The minimum atomic E-state index is 0.299. The van der Waals surface area contributed by atoms with Crippen LogP contribution in [0.1, 0.15) is 56.6 Å². The van der Waals surface area contributed by atoms with Crippen molar-refractivity contribution in [3.63, 3.8) is 0 Å². The van der Waals surface area contributed by atoms with Gasteiger partial charge in [0.2, 0.25) is 0 Å². The van der Waals surface area contributed by atoms with Crippen LogP contribution in [0.15, 0.2) is 54.2 Å². The maximum Gasteiger partial charge on any atom is 0.158 e. The van der Waals surface area contributed by atoms with Crippen LogP contribution in [-0.4, -0.2) is 23.0 Å². The fraction of sp³-hybridized carbons (Fsp3) is 0.375. The standard InChI is InChI=1S/C24H32ClN5/c1-5-7-9-17(3)23-22(26)16-28-30-24(23)29-20-14-12-18(21(25)15-20)11-13-19(27-4)10-8-6-2/h6,8,10,12,14-17H,2,5,7,9,11,13H2,1,3-4H3,(H3,26,29,30)/b10-8-,27-19?. The van der Waals surface area contributed by atoms with Gasteiger partial charge in [-0.15, -0.1) is 5.10 Å². The second-order valence-corrected chi connectivity index (χ2v) is 7.75. The van der Waals surface area contributed by atoms with Crippen molar-refractivity contribution in [3.8, 4) is 0 Å². The Balaban J connectivity index is 2.15. The number of aliphatic imine (C=N–C) groups is 1. The lowest BCUT2D eigenvalue weighted by molar-refractivity contribution is 0.624. The van der Waals surface area contributed by atoms with E-state index >= 15 is 0 Å². The first-order chi connectivity index (χ1) is 14.5. The highest BCUT2D eigenvalue weighted by molar-refractivity contribution is 6.31. The Morgan fingerprint density at radius 2 is 2.20 bits per heavy atom. The molecule has 6 heteroatoms. The molecule has 0 aliphatic heterocycles. The predicted molar refractivity (Wildman–Crippen MR) is 130 cm³/mol. The molecule has 1 aromatic carbocycles. The minimum Gasteiger partial charge on any atom is -0.397 e. The molecule has 0 fully saturated rings. The van der Waals surface area contributed by atoms with Crippen LogP contribution in [0, 0.1) is 0 Å². The quantitative estimate of drug-likeness (QED) is 0.318. The van der Waals surface area contributed by atoms with E-state index in [-0.39, 0.29) is 0 Å². The number of allylic oxidation sites excluding steroid dienone is 3. The van der Waals surface area contributed by atoms with Gasteiger partial charge in [-0.05, 0) is 49.0 Å². The van der Waals surface area contributed by atoms with Gasteiger partial charge in [0.05, 0.1) is 11.9 Å². The maximum absolute atomic E-state index is 6.55. The normalized spacial score (nSPS) is 12.9. The number of nitrogens with two attached hydrogens (primary N) is 1. The molecule has 5 nitrogen and oxygen atoms in total. The molecule has 1 atom stereocenters. The van der Waals surface area contributed by atoms with Crippen LogP contribution < -0.4 is 11.1 Å². The number of aromatic nitrogens is 2. The number of nitrogens with one attached hydrogen (secondary N) is 1. The number of aryl methyl sites for hydroxylation is 1. The van der Waals surface area contributed by atoms with Crippen LogP contribution in [0.2, 0.25) is 5.02 Å². The molecule has 0 aliphatic rings. The van der Waals surface area contributed by atoms with Crippen molar-refractivity contribution in [3.05, 3.63) is 65.4 Å². The summed E-state index contributed by atoms with van der Waals surface area (Å²) in [5.74, 6) is 0.991. The molecule has 30 heavy (non-hydrogen) atoms. The van der Waals surface area contributed by atoms with Gasteiger partial charge in [-0.1, -0.05) is 63.1 Å². The highest BCUT2D eigenvalue weighted by Crippen LogP contribution is 2.33. The Morgan fingerprint density at radius 3 is 2.87 bits per heavy atom. The predicted octanol–water partition coefficient (Wildman–Crippen LogP) is 6.50. The number of unbranched alkanes of at least 4 members (excludes halogenated alkanes) is 1. The zero-order chi connectivity index (χ0) is 21.9. The molecular formula is C24H32ClN5. The smallest absolute Gasteiger partial charge is 0.158 e. The average Bonchev–Trinajstić information content (AvgIpc) is 2.73.